The summed E-state index contributed by atoms with van der Waals surface area (Å²) >= 11 is 0. The van der Waals surface area contributed by atoms with Crippen molar-refractivity contribution in [3.05, 3.63) is 206 Å². The molecule has 1 nitrogen and oxygen atoms in total. The highest BCUT2D eigenvalue weighted by atomic mass is 14.9. The summed E-state index contributed by atoms with van der Waals surface area (Å²) in [5, 5.41) is 35.4. The molecule has 14 aromatic carbocycles. The van der Waals surface area contributed by atoms with E-state index in [4.69, 9.17) is 5.32 Å². The summed E-state index contributed by atoms with van der Waals surface area (Å²) in [7, 11) is 0. The fourth-order valence-electron chi connectivity index (χ4n) is 10.3. The van der Waals surface area contributed by atoms with Gasteiger partial charge in [0.05, 0.1) is 11.4 Å². The van der Waals surface area contributed by atoms with Gasteiger partial charge < -0.3 is 0 Å². The maximum atomic E-state index is 5.45. The van der Waals surface area contributed by atoms with E-state index in [2.05, 4.69) is 206 Å². The molecule has 14 aromatic rings. The molecule has 0 bridgehead atoms. The van der Waals surface area contributed by atoms with Gasteiger partial charge in [0.15, 0.2) is 0 Å². The quantitative estimate of drug-likeness (QED) is 0.123. The number of hydrogen-bond donors (Lipinski definition) is 0. The van der Waals surface area contributed by atoms with Crippen molar-refractivity contribution >= 4 is 141 Å². The van der Waals surface area contributed by atoms with Gasteiger partial charge in [0, 0.05) is 10.8 Å². The molecule has 0 heterocycles. The van der Waals surface area contributed by atoms with Crippen molar-refractivity contribution in [3.8, 4) is 0 Å². The Morgan fingerprint density at radius 2 is 0.393 bits per heavy atom. The molecule has 0 saturated heterocycles. The van der Waals surface area contributed by atoms with Gasteiger partial charge in [0.2, 0.25) is 0 Å². The van der Waals surface area contributed by atoms with Crippen molar-refractivity contribution in [3.63, 3.8) is 0 Å². The van der Waals surface area contributed by atoms with Gasteiger partial charge in [-0.2, -0.15) is 0 Å². The van der Waals surface area contributed by atoms with Crippen molar-refractivity contribution in [2.45, 2.75) is 0 Å². The van der Waals surface area contributed by atoms with Gasteiger partial charge in [-0.05, 0) is 228 Å². The molecule has 14 rings (SSSR count). The van der Waals surface area contributed by atoms with Crippen molar-refractivity contribution in [2.24, 2.45) is 0 Å². The van der Waals surface area contributed by atoms with E-state index in [9.17, 15) is 0 Å². The number of nitrogens with zero attached hydrogens (tertiary/aromatic N) is 1. The topological polar surface area (TPSA) is 14.1 Å². The molecule has 0 N–H and O–H groups in total. The zero-order valence-corrected chi connectivity index (χ0v) is 33.1. The lowest BCUT2D eigenvalue weighted by atomic mass is 9.93. The first-order valence-corrected chi connectivity index (χ1v) is 21.1. The first-order chi connectivity index (χ1) is 30.1. The first kappa shape index (κ1) is 32.9. The average Bonchev–Trinajstić information content (AvgIpc) is 3.29. The summed E-state index contributed by atoms with van der Waals surface area (Å²) in [6.07, 6.45) is 0. The van der Waals surface area contributed by atoms with E-state index in [0.717, 1.165) is 22.1 Å². The zero-order valence-electron chi connectivity index (χ0n) is 33.1. The molecule has 0 fully saturated rings. The third-order valence-electron chi connectivity index (χ3n) is 13.4. The van der Waals surface area contributed by atoms with Crippen molar-refractivity contribution in [1.29, 1.82) is 0 Å². The van der Waals surface area contributed by atoms with Crippen LogP contribution >= 0.6 is 0 Å². The Labute approximate surface area is 350 Å². The second kappa shape index (κ2) is 12.3. The Hall–Kier alpha value is -8.00. The van der Waals surface area contributed by atoms with Crippen molar-refractivity contribution < 1.29 is 0 Å². The fraction of sp³-hybridized carbons (Fsp3) is 0. The van der Waals surface area contributed by atoms with Gasteiger partial charge in [0.1, 0.15) is 0 Å². The molecular formula is C60H34N. The maximum Gasteiger partial charge on any atom is 0.0715 e. The van der Waals surface area contributed by atoms with Gasteiger partial charge in [-0.25, -0.2) is 5.32 Å². The zero-order chi connectivity index (χ0) is 39.8. The summed E-state index contributed by atoms with van der Waals surface area (Å²) in [5.74, 6) is 0. The maximum absolute atomic E-state index is 5.45. The monoisotopic (exact) mass is 768 g/mol. The molecular weight excluding hydrogens is 735 g/mol. The lowest BCUT2D eigenvalue weighted by Crippen LogP contribution is -1.92. The Morgan fingerprint density at radius 1 is 0.164 bits per heavy atom. The van der Waals surface area contributed by atoms with Crippen LogP contribution in [-0.4, -0.2) is 0 Å². The van der Waals surface area contributed by atoms with Crippen molar-refractivity contribution in [2.75, 3.05) is 0 Å². The van der Waals surface area contributed by atoms with Crippen LogP contribution in [0.4, 0.5) is 11.4 Å². The molecule has 1 heteroatoms. The molecule has 0 aromatic heterocycles. The Kier molecular flexibility index (Phi) is 6.62. The fourth-order valence-corrected chi connectivity index (χ4v) is 10.3. The van der Waals surface area contributed by atoms with E-state index < -0.39 is 0 Å². The van der Waals surface area contributed by atoms with Crippen LogP contribution in [0.2, 0.25) is 0 Å². The van der Waals surface area contributed by atoms with Crippen LogP contribution in [0.15, 0.2) is 206 Å². The molecule has 0 amide bonds. The van der Waals surface area contributed by atoms with Crippen LogP contribution in [0, 0.1) is 0 Å². The molecule has 279 valence electrons. The van der Waals surface area contributed by atoms with Gasteiger partial charge in [-0.15, -0.1) is 0 Å². The third-order valence-corrected chi connectivity index (χ3v) is 13.4. The normalized spacial score (nSPS) is 12.3. The molecule has 0 saturated carbocycles. The first-order valence-electron chi connectivity index (χ1n) is 21.1. The highest BCUT2D eigenvalue weighted by Gasteiger charge is 2.13. The van der Waals surface area contributed by atoms with Crippen LogP contribution in [0.3, 0.4) is 0 Å². The van der Waals surface area contributed by atoms with E-state index in [1.165, 1.54) is 118 Å². The van der Waals surface area contributed by atoms with Crippen LogP contribution in [0.25, 0.3) is 129 Å². The number of benzene rings is 14. The van der Waals surface area contributed by atoms with Crippen LogP contribution in [0.1, 0.15) is 0 Å². The largest absolute Gasteiger partial charge is 0.248 e. The van der Waals surface area contributed by atoms with Crippen molar-refractivity contribution in [1.82, 2.24) is 5.32 Å². The number of hydrogen-bond acceptors (Lipinski definition) is 0. The van der Waals surface area contributed by atoms with Crippen LogP contribution < -0.4 is 5.32 Å². The standard InChI is InChI=1S/C60H34N/c1-3-9-37-21-49-29-53-41(25-45(49)19-35(37)7-1)15-17-43-27-47-23-39-11-5-13-59(57(39)33-51(47)31-55(43)53)61-60-14-6-12-40-24-48-28-44-18-16-42-26-46-20-36-8-2-4-10-38(36)22-50(46)30-54(42)56(44)32-52(48)34-58(40)60/h1-34H. The van der Waals surface area contributed by atoms with Crippen LogP contribution in [0.5, 0.6) is 0 Å². The van der Waals surface area contributed by atoms with E-state index in [1.807, 2.05) is 0 Å². The van der Waals surface area contributed by atoms with Gasteiger partial charge in [0.25, 0.3) is 0 Å². The summed E-state index contributed by atoms with van der Waals surface area (Å²) in [5.41, 5.74) is 1.96. The highest BCUT2D eigenvalue weighted by Crippen LogP contribution is 2.40. The molecule has 1 radical (unpaired) electrons. The molecule has 0 spiro atoms. The van der Waals surface area contributed by atoms with Gasteiger partial charge in [-0.3, -0.25) is 0 Å². The minimum atomic E-state index is 0.979. The number of fused-ring (bicyclic) bond motifs is 14. The second-order valence-corrected chi connectivity index (χ2v) is 17.0. The average molecular weight is 769 g/mol. The van der Waals surface area contributed by atoms with Gasteiger partial charge in [-0.1, -0.05) is 97.1 Å². The predicted octanol–water partition coefficient (Wildman–Crippen LogP) is 17.1. The minimum Gasteiger partial charge on any atom is -0.248 e. The predicted molar refractivity (Wildman–Crippen MR) is 264 cm³/mol. The summed E-state index contributed by atoms with van der Waals surface area (Å²) in [6, 6.07) is 77.0. The van der Waals surface area contributed by atoms with Crippen LogP contribution in [-0.2, 0) is 0 Å². The SMILES string of the molecule is c1ccc2cc3cc4c(ccc5cc6cc7cccc([N]c8cccc9cc%10cc%11ccc%12cc%13cc%14ccccc%14cc%13cc%12c%11cc%10cc89)c7cc6cc54)cc3cc2c1. The molecule has 0 aliphatic rings. The van der Waals surface area contributed by atoms with E-state index in [1.54, 1.807) is 0 Å². The lowest BCUT2D eigenvalue weighted by molar-refractivity contribution is 1.22. The van der Waals surface area contributed by atoms with E-state index >= 15 is 0 Å². The highest BCUT2D eigenvalue weighted by molar-refractivity contribution is 6.20. The summed E-state index contributed by atoms with van der Waals surface area (Å²) in [6.45, 7) is 0. The smallest absolute Gasteiger partial charge is 0.0715 e. The number of rotatable bonds is 2. The molecule has 61 heavy (non-hydrogen) atoms. The third kappa shape index (κ3) is 5.08. The lowest BCUT2D eigenvalue weighted by Gasteiger charge is -2.13. The van der Waals surface area contributed by atoms with E-state index in [0.29, 0.717) is 0 Å². The Morgan fingerprint density at radius 3 is 0.721 bits per heavy atom. The summed E-state index contributed by atoms with van der Waals surface area (Å²) < 4.78 is 0. The van der Waals surface area contributed by atoms with Gasteiger partial charge >= 0.3 is 0 Å². The Bertz CT molecular complexity index is 3980. The molecule has 0 aliphatic carbocycles. The summed E-state index contributed by atoms with van der Waals surface area (Å²) in [4.78, 5) is 0. The second-order valence-electron chi connectivity index (χ2n) is 17.0. The minimum absolute atomic E-state index is 0.979. The molecule has 0 aliphatic heterocycles. The van der Waals surface area contributed by atoms with E-state index in [-0.39, 0.29) is 0 Å². The molecule has 0 atom stereocenters. The molecule has 0 unspecified atom stereocenters. The Balaban J connectivity index is 0.902.